The minimum Gasteiger partial charge on any atom is -0.497 e. The van der Waals surface area contributed by atoms with Crippen molar-refractivity contribution in [2.45, 2.75) is 10.1 Å². The molecule has 2 aromatic rings. The summed E-state index contributed by atoms with van der Waals surface area (Å²) >= 11 is 4.93. The number of aldehydes is 1. The van der Waals surface area contributed by atoms with Gasteiger partial charge >= 0.3 is 0 Å². The summed E-state index contributed by atoms with van der Waals surface area (Å²) in [7, 11) is 1.63. The lowest BCUT2D eigenvalue weighted by atomic mass is 10.1. The molecule has 0 saturated carbocycles. The minimum atomic E-state index is -0.202. The molecule has 0 heterocycles. The Morgan fingerprint density at radius 3 is 2.26 bits per heavy atom. The summed E-state index contributed by atoms with van der Waals surface area (Å²) < 4.78 is 6.15. The van der Waals surface area contributed by atoms with E-state index < -0.39 is 0 Å². The molecule has 0 fully saturated rings. The summed E-state index contributed by atoms with van der Waals surface area (Å²) in [6.45, 7) is 0. The van der Waals surface area contributed by atoms with Crippen molar-refractivity contribution in [2.75, 3.05) is 7.11 Å². The van der Waals surface area contributed by atoms with Gasteiger partial charge in [0.1, 0.15) is 12.0 Å². The monoisotopic (exact) mass is 336 g/mol. The highest BCUT2D eigenvalue weighted by atomic mass is 79.9. The second-order valence-electron chi connectivity index (χ2n) is 3.90. The van der Waals surface area contributed by atoms with Crippen molar-refractivity contribution in [1.29, 1.82) is 0 Å². The number of hydrogen-bond acceptors (Lipinski definition) is 3. The third kappa shape index (κ3) is 3.85. The van der Waals surface area contributed by atoms with E-state index in [9.17, 15) is 4.79 Å². The molecule has 2 aromatic carbocycles. The molecule has 1 unspecified atom stereocenters. The highest BCUT2D eigenvalue weighted by Gasteiger charge is 2.12. The van der Waals surface area contributed by atoms with E-state index in [0.717, 1.165) is 27.0 Å². The van der Waals surface area contributed by atoms with Crippen LogP contribution in [0.15, 0.2) is 57.9 Å². The zero-order valence-electron chi connectivity index (χ0n) is 10.4. The molecule has 0 aromatic heterocycles. The van der Waals surface area contributed by atoms with Crippen LogP contribution in [0.2, 0.25) is 0 Å². The molecule has 0 aliphatic rings. The Balaban J connectivity index is 2.14. The van der Waals surface area contributed by atoms with Gasteiger partial charge in [-0.1, -0.05) is 28.1 Å². The first kappa shape index (κ1) is 14.2. The smallest absolute Gasteiger partial charge is 0.137 e. The average Bonchev–Trinajstić information content (AvgIpc) is 2.47. The van der Waals surface area contributed by atoms with Crippen LogP contribution >= 0.6 is 27.7 Å². The zero-order valence-corrected chi connectivity index (χ0v) is 12.8. The lowest BCUT2D eigenvalue weighted by Crippen LogP contribution is -1.95. The van der Waals surface area contributed by atoms with Gasteiger partial charge in [-0.15, -0.1) is 11.8 Å². The van der Waals surface area contributed by atoms with E-state index in [-0.39, 0.29) is 5.25 Å². The van der Waals surface area contributed by atoms with Crippen LogP contribution in [0.5, 0.6) is 5.75 Å². The molecule has 2 rings (SSSR count). The number of ether oxygens (including phenoxy) is 1. The van der Waals surface area contributed by atoms with Crippen molar-refractivity contribution in [2.24, 2.45) is 0 Å². The van der Waals surface area contributed by atoms with E-state index in [1.165, 1.54) is 11.8 Å². The summed E-state index contributed by atoms with van der Waals surface area (Å²) in [5.41, 5.74) is 0.976. The SMILES string of the molecule is COc1ccc(C(C=O)Sc2ccc(Br)cc2)cc1. The first-order valence-electron chi connectivity index (χ1n) is 5.74. The predicted molar refractivity (Wildman–Crippen MR) is 81.8 cm³/mol. The van der Waals surface area contributed by atoms with E-state index in [1.807, 2.05) is 48.5 Å². The fraction of sp³-hybridized carbons (Fsp3) is 0.133. The van der Waals surface area contributed by atoms with Crippen molar-refractivity contribution in [3.8, 4) is 5.75 Å². The van der Waals surface area contributed by atoms with Crippen LogP contribution in [0.25, 0.3) is 0 Å². The molecule has 4 heteroatoms. The molecule has 2 nitrogen and oxygen atoms in total. The van der Waals surface area contributed by atoms with E-state index >= 15 is 0 Å². The van der Waals surface area contributed by atoms with Gasteiger partial charge in [0.2, 0.25) is 0 Å². The maximum atomic E-state index is 11.3. The molecule has 98 valence electrons. The van der Waals surface area contributed by atoms with Gasteiger partial charge in [0.05, 0.1) is 12.4 Å². The second kappa shape index (κ2) is 6.78. The number of halogens is 1. The average molecular weight is 337 g/mol. The summed E-state index contributed by atoms with van der Waals surface area (Å²) in [5.74, 6) is 0.794. The normalized spacial score (nSPS) is 11.9. The Hall–Kier alpha value is -1.26. The molecule has 0 amide bonds. The predicted octanol–water partition coefficient (Wildman–Crippen LogP) is 4.49. The van der Waals surface area contributed by atoms with Gasteiger partial charge in [-0.2, -0.15) is 0 Å². The maximum absolute atomic E-state index is 11.3. The number of thioether (sulfide) groups is 1. The van der Waals surface area contributed by atoms with Crippen molar-refractivity contribution in [1.82, 2.24) is 0 Å². The van der Waals surface area contributed by atoms with Gasteiger partial charge in [-0.25, -0.2) is 0 Å². The Morgan fingerprint density at radius 2 is 1.74 bits per heavy atom. The van der Waals surface area contributed by atoms with Crippen LogP contribution in [0.3, 0.4) is 0 Å². The molecule has 0 N–H and O–H groups in total. The first-order valence-corrected chi connectivity index (χ1v) is 7.41. The van der Waals surface area contributed by atoms with Crippen molar-refractivity contribution in [3.05, 3.63) is 58.6 Å². The van der Waals surface area contributed by atoms with Crippen LogP contribution in [0, 0.1) is 0 Å². The Kier molecular flexibility index (Phi) is 5.05. The largest absolute Gasteiger partial charge is 0.497 e. The van der Waals surface area contributed by atoms with Gasteiger partial charge in [0, 0.05) is 9.37 Å². The van der Waals surface area contributed by atoms with Crippen LogP contribution < -0.4 is 4.74 Å². The molecular weight excluding hydrogens is 324 g/mol. The number of benzene rings is 2. The van der Waals surface area contributed by atoms with Gasteiger partial charge < -0.3 is 9.53 Å². The van der Waals surface area contributed by atoms with E-state index in [0.29, 0.717) is 0 Å². The van der Waals surface area contributed by atoms with Crippen LogP contribution in [-0.4, -0.2) is 13.4 Å². The molecule has 0 bridgehead atoms. The van der Waals surface area contributed by atoms with Crippen molar-refractivity contribution < 1.29 is 9.53 Å². The van der Waals surface area contributed by atoms with E-state index in [4.69, 9.17) is 4.74 Å². The fourth-order valence-corrected chi connectivity index (χ4v) is 2.83. The fourth-order valence-electron chi connectivity index (χ4n) is 1.63. The Morgan fingerprint density at radius 1 is 1.11 bits per heavy atom. The summed E-state index contributed by atoms with van der Waals surface area (Å²) in [4.78, 5) is 12.3. The molecular formula is C15H13BrO2S. The lowest BCUT2D eigenvalue weighted by Gasteiger charge is -2.11. The van der Waals surface area contributed by atoms with Crippen LogP contribution in [-0.2, 0) is 4.79 Å². The summed E-state index contributed by atoms with van der Waals surface area (Å²) in [6, 6.07) is 15.5. The number of methoxy groups -OCH3 is 1. The third-order valence-corrected chi connectivity index (χ3v) is 4.35. The third-order valence-electron chi connectivity index (χ3n) is 2.64. The standard InChI is InChI=1S/C15H13BrO2S/c1-18-13-6-2-11(3-7-13)15(10-17)19-14-8-4-12(16)5-9-14/h2-10,15H,1H3. The minimum absolute atomic E-state index is 0.202. The lowest BCUT2D eigenvalue weighted by molar-refractivity contribution is -0.107. The summed E-state index contributed by atoms with van der Waals surface area (Å²) in [5, 5.41) is -0.202. The molecule has 19 heavy (non-hydrogen) atoms. The highest BCUT2D eigenvalue weighted by molar-refractivity contribution is 9.10. The molecule has 1 atom stereocenters. The molecule has 0 aliphatic carbocycles. The molecule has 0 saturated heterocycles. The zero-order chi connectivity index (χ0) is 13.7. The van der Waals surface area contributed by atoms with Crippen molar-refractivity contribution >= 4 is 34.0 Å². The van der Waals surface area contributed by atoms with E-state index in [2.05, 4.69) is 15.9 Å². The topological polar surface area (TPSA) is 26.3 Å². The van der Waals surface area contributed by atoms with Crippen LogP contribution in [0.1, 0.15) is 10.8 Å². The molecule has 0 spiro atoms. The first-order chi connectivity index (χ1) is 9.22. The Labute approximate surface area is 125 Å². The van der Waals surface area contributed by atoms with E-state index in [1.54, 1.807) is 7.11 Å². The van der Waals surface area contributed by atoms with Gasteiger partial charge in [0.25, 0.3) is 0 Å². The number of hydrogen-bond donors (Lipinski definition) is 0. The molecule has 0 aliphatic heterocycles. The number of carbonyl (C=O) groups is 1. The van der Waals surface area contributed by atoms with Crippen LogP contribution in [0.4, 0.5) is 0 Å². The molecule has 0 radical (unpaired) electrons. The number of rotatable bonds is 5. The summed E-state index contributed by atoms with van der Waals surface area (Å²) in [6.07, 6.45) is 0.967. The maximum Gasteiger partial charge on any atom is 0.137 e. The van der Waals surface area contributed by atoms with Crippen molar-refractivity contribution in [3.63, 3.8) is 0 Å². The highest BCUT2D eigenvalue weighted by Crippen LogP contribution is 2.34. The van der Waals surface area contributed by atoms with Gasteiger partial charge in [-0.3, -0.25) is 0 Å². The second-order valence-corrected chi connectivity index (χ2v) is 6.03. The number of carbonyl (C=O) groups excluding carboxylic acids is 1. The van der Waals surface area contributed by atoms with Gasteiger partial charge in [0.15, 0.2) is 0 Å². The quantitative estimate of drug-likeness (QED) is 0.594. The Bertz CT molecular complexity index is 537. The van der Waals surface area contributed by atoms with Gasteiger partial charge in [-0.05, 0) is 42.0 Å².